The van der Waals surface area contributed by atoms with Crippen molar-refractivity contribution in [2.75, 3.05) is 5.32 Å². The SMILES string of the molecule is Cc1nc(C)c(-c2csc(NC(=O)[C@H]3CC[C@H](C#N)C3)n2)s1. The van der Waals surface area contributed by atoms with E-state index in [0.29, 0.717) is 11.6 Å². The number of nitriles is 1. The number of carbonyl (C=O) groups excluding carboxylic acids is 1. The van der Waals surface area contributed by atoms with Crippen molar-refractivity contribution < 1.29 is 4.79 Å². The van der Waals surface area contributed by atoms with Crippen LogP contribution in [0.1, 0.15) is 30.0 Å². The lowest BCUT2D eigenvalue weighted by Crippen LogP contribution is -2.20. The Balaban J connectivity index is 1.69. The Morgan fingerprint density at radius 3 is 2.86 bits per heavy atom. The second-order valence-electron chi connectivity index (χ2n) is 5.51. The number of amides is 1. The van der Waals surface area contributed by atoms with Crippen LogP contribution in [0.15, 0.2) is 5.38 Å². The van der Waals surface area contributed by atoms with Crippen LogP contribution in [0.2, 0.25) is 0 Å². The van der Waals surface area contributed by atoms with E-state index in [2.05, 4.69) is 21.4 Å². The molecule has 0 aromatic carbocycles. The normalized spacial score (nSPS) is 20.8. The lowest BCUT2D eigenvalue weighted by atomic mass is 10.1. The van der Waals surface area contributed by atoms with E-state index < -0.39 is 0 Å². The number of hydrogen-bond acceptors (Lipinski definition) is 6. The number of carbonyl (C=O) groups is 1. The second kappa shape index (κ2) is 6.15. The van der Waals surface area contributed by atoms with E-state index in [4.69, 9.17) is 5.26 Å². The Morgan fingerprint density at radius 2 is 2.23 bits per heavy atom. The minimum atomic E-state index is -0.0654. The summed E-state index contributed by atoms with van der Waals surface area (Å²) in [6.45, 7) is 3.94. The molecule has 1 aliphatic rings. The van der Waals surface area contributed by atoms with Crippen molar-refractivity contribution in [3.05, 3.63) is 16.1 Å². The largest absolute Gasteiger partial charge is 0.302 e. The van der Waals surface area contributed by atoms with Crippen LogP contribution in [-0.4, -0.2) is 15.9 Å². The predicted molar refractivity (Wildman–Crippen MR) is 87.8 cm³/mol. The maximum atomic E-state index is 12.2. The Morgan fingerprint density at radius 1 is 1.41 bits per heavy atom. The molecule has 7 heteroatoms. The van der Waals surface area contributed by atoms with Crippen molar-refractivity contribution in [1.82, 2.24) is 9.97 Å². The van der Waals surface area contributed by atoms with Crippen molar-refractivity contribution >= 4 is 33.7 Å². The zero-order valence-corrected chi connectivity index (χ0v) is 14.1. The van der Waals surface area contributed by atoms with Crippen LogP contribution in [0.5, 0.6) is 0 Å². The first kappa shape index (κ1) is 15.1. The van der Waals surface area contributed by atoms with Gasteiger partial charge >= 0.3 is 0 Å². The highest BCUT2D eigenvalue weighted by atomic mass is 32.1. The molecule has 0 saturated heterocycles. The lowest BCUT2D eigenvalue weighted by Gasteiger charge is -2.07. The summed E-state index contributed by atoms with van der Waals surface area (Å²) in [7, 11) is 0. The molecule has 1 N–H and O–H groups in total. The van der Waals surface area contributed by atoms with Gasteiger partial charge in [0.05, 0.1) is 27.3 Å². The summed E-state index contributed by atoms with van der Waals surface area (Å²) in [6.07, 6.45) is 2.26. The van der Waals surface area contributed by atoms with Crippen LogP contribution in [0.25, 0.3) is 10.6 Å². The minimum absolute atomic E-state index is 0.0177. The van der Waals surface area contributed by atoms with Crippen LogP contribution in [-0.2, 0) is 4.79 Å². The molecule has 1 fully saturated rings. The van der Waals surface area contributed by atoms with E-state index >= 15 is 0 Å². The molecular weight excluding hydrogens is 316 g/mol. The molecule has 0 bridgehead atoms. The number of nitrogens with zero attached hydrogens (tertiary/aromatic N) is 3. The van der Waals surface area contributed by atoms with Gasteiger partial charge in [0.15, 0.2) is 5.13 Å². The van der Waals surface area contributed by atoms with Crippen LogP contribution >= 0.6 is 22.7 Å². The van der Waals surface area contributed by atoms with Crippen molar-refractivity contribution in [1.29, 1.82) is 5.26 Å². The third-order valence-electron chi connectivity index (χ3n) is 3.86. The van der Waals surface area contributed by atoms with Gasteiger partial charge in [-0.05, 0) is 33.1 Å². The maximum Gasteiger partial charge on any atom is 0.229 e. The molecule has 0 unspecified atom stereocenters. The van der Waals surface area contributed by atoms with Gasteiger partial charge in [0.2, 0.25) is 5.91 Å². The van der Waals surface area contributed by atoms with Gasteiger partial charge in [0.25, 0.3) is 0 Å². The first-order valence-corrected chi connectivity index (χ1v) is 8.87. The third-order valence-corrected chi connectivity index (χ3v) is 5.71. The number of thiazole rings is 2. The van der Waals surface area contributed by atoms with Gasteiger partial charge in [-0.3, -0.25) is 4.79 Å². The summed E-state index contributed by atoms with van der Waals surface area (Å²) >= 11 is 3.04. The van der Waals surface area contributed by atoms with Gasteiger partial charge in [-0.15, -0.1) is 22.7 Å². The Hall–Kier alpha value is -1.78. The molecule has 0 aliphatic heterocycles. The molecule has 2 heterocycles. The fourth-order valence-corrected chi connectivity index (χ4v) is 4.41. The van der Waals surface area contributed by atoms with Crippen LogP contribution < -0.4 is 5.32 Å². The quantitative estimate of drug-likeness (QED) is 0.928. The van der Waals surface area contributed by atoms with Crippen LogP contribution in [0, 0.1) is 37.0 Å². The number of aromatic nitrogens is 2. The smallest absolute Gasteiger partial charge is 0.229 e. The summed E-state index contributed by atoms with van der Waals surface area (Å²) in [5.74, 6) is -0.0642. The van der Waals surface area contributed by atoms with Crippen LogP contribution in [0.4, 0.5) is 5.13 Å². The third kappa shape index (κ3) is 3.03. The number of aryl methyl sites for hydroxylation is 2. The molecule has 22 heavy (non-hydrogen) atoms. The molecule has 2 atom stereocenters. The standard InChI is InChI=1S/C15H16N4OS2/c1-8-13(22-9(2)17-8)12-7-21-15(18-12)19-14(20)11-4-3-10(5-11)6-16/h7,10-11H,3-5H2,1-2H3,(H,18,19,20)/t10-,11-/m0/s1. The van der Waals surface area contributed by atoms with Gasteiger partial charge in [-0.25, -0.2) is 9.97 Å². The predicted octanol–water partition coefficient (Wildman–Crippen LogP) is 3.76. The topological polar surface area (TPSA) is 78.7 Å². The van der Waals surface area contributed by atoms with E-state index in [-0.39, 0.29) is 17.7 Å². The fraction of sp³-hybridized carbons (Fsp3) is 0.467. The molecule has 114 valence electrons. The Kier molecular flexibility index (Phi) is 4.23. The molecule has 0 radical (unpaired) electrons. The summed E-state index contributed by atoms with van der Waals surface area (Å²) in [5, 5.41) is 15.4. The zero-order valence-electron chi connectivity index (χ0n) is 12.4. The zero-order chi connectivity index (χ0) is 15.7. The van der Waals surface area contributed by atoms with Gasteiger partial charge in [0.1, 0.15) is 0 Å². The second-order valence-corrected chi connectivity index (χ2v) is 7.57. The fourth-order valence-electron chi connectivity index (χ4n) is 2.75. The first-order valence-electron chi connectivity index (χ1n) is 7.17. The van der Waals surface area contributed by atoms with Crippen molar-refractivity contribution in [3.8, 4) is 16.6 Å². The van der Waals surface area contributed by atoms with Crippen molar-refractivity contribution in [2.24, 2.45) is 11.8 Å². The summed E-state index contributed by atoms with van der Waals surface area (Å²) in [5.41, 5.74) is 1.84. The van der Waals surface area contributed by atoms with Gasteiger partial charge < -0.3 is 5.32 Å². The molecule has 1 saturated carbocycles. The Bertz CT molecular complexity index is 743. The average Bonchev–Trinajstić information content (AvgIpc) is 3.18. The number of rotatable bonds is 3. The first-order chi connectivity index (χ1) is 10.6. The van der Waals surface area contributed by atoms with Crippen LogP contribution in [0.3, 0.4) is 0 Å². The van der Waals surface area contributed by atoms with Gasteiger partial charge in [-0.2, -0.15) is 5.26 Å². The van der Waals surface area contributed by atoms with Crippen molar-refractivity contribution in [2.45, 2.75) is 33.1 Å². The van der Waals surface area contributed by atoms with E-state index in [1.807, 2.05) is 19.2 Å². The van der Waals surface area contributed by atoms with Gasteiger partial charge in [0, 0.05) is 17.2 Å². The number of anilines is 1. The summed E-state index contributed by atoms with van der Waals surface area (Å²) in [4.78, 5) is 22.2. The highest BCUT2D eigenvalue weighted by molar-refractivity contribution is 7.16. The maximum absolute atomic E-state index is 12.2. The molecular formula is C15H16N4OS2. The molecule has 0 spiro atoms. The monoisotopic (exact) mass is 332 g/mol. The van der Waals surface area contributed by atoms with E-state index in [1.165, 1.54) is 11.3 Å². The molecule has 2 aromatic rings. The number of hydrogen-bond donors (Lipinski definition) is 1. The average molecular weight is 332 g/mol. The minimum Gasteiger partial charge on any atom is -0.302 e. The van der Waals surface area contributed by atoms with E-state index in [9.17, 15) is 4.79 Å². The highest BCUT2D eigenvalue weighted by Crippen LogP contribution is 2.34. The molecule has 1 aliphatic carbocycles. The van der Waals surface area contributed by atoms with E-state index in [0.717, 1.165) is 34.1 Å². The molecule has 2 aromatic heterocycles. The summed E-state index contributed by atoms with van der Waals surface area (Å²) in [6, 6.07) is 2.25. The highest BCUT2D eigenvalue weighted by Gasteiger charge is 2.30. The molecule has 5 nitrogen and oxygen atoms in total. The Labute approximate surface area is 137 Å². The van der Waals surface area contributed by atoms with Gasteiger partial charge in [-0.1, -0.05) is 0 Å². The molecule has 1 amide bonds. The lowest BCUT2D eigenvalue weighted by molar-refractivity contribution is -0.119. The number of nitrogens with one attached hydrogen (secondary N) is 1. The van der Waals surface area contributed by atoms with Crippen molar-refractivity contribution in [3.63, 3.8) is 0 Å². The summed E-state index contributed by atoms with van der Waals surface area (Å²) < 4.78 is 0. The molecule has 3 rings (SSSR count). The van der Waals surface area contributed by atoms with E-state index in [1.54, 1.807) is 11.3 Å².